The lowest BCUT2D eigenvalue weighted by molar-refractivity contribution is -1.09. The Kier molecular flexibility index (Phi) is 8.95. The second-order valence-corrected chi connectivity index (χ2v) is 16.6. The molecule has 6 fully saturated rings. The molecule has 0 aromatic heterocycles. The molecule has 0 N–H and O–H groups in total. The first kappa shape index (κ1) is 32.1. The number of piperazine rings is 6. The van der Waals surface area contributed by atoms with Crippen LogP contribution in [0.2, 0.25) is 0 Å². The minimum atomic E-state index is 0.666. The second-order valence-electron chi connectivity index (χ2n) is 16.6. The maximum absolute atomic E-state index is 2.49. The van der Waals surface area contributed by atoms with Crippen LogP contribution in [0.3, 0.4) is 0 Å². The fourth-order valence-corrected chi connectivity index (χ4v) is 9.51. The van der Waals surface area contributed by atoms with Gasteiger partial charge in [0.05, 0.1) is 0 Å². The lowest BCUT2D eigenvalue weighted by Gasteiger charge is -2.56. The Morgan fingerprint density at radius 3 is 0.761 bits per heavy atom. The standard InChI is InChI=1S/C42H62N4/c1-5-35(3)41-15-11-39(12-16-41)33-45-25-19-43(20-26-45,21-27-45)31-37-7-9-38(10-8-37)32-44-22-28-46(29-23-44,30-24-44)34-40-13-17-42(18-14-40)36(4)6-2/h7-18,35-36H,5-6,19-34H2,1-4H3/q+4. The Bertz CT molecular complexity index is 1300. The number of fused-ring (bicyclic) bond motifs is 6. The van der Waals surface area contributed by atoms with Gasteiger partial charge in [-0.15, -0.1) is 0 Å². The van der Waals surface area contributed by atoms with Gasteiger partial charge in [-0.2, -0.15) is 0 Å². The Labute approximate surface area is 280 Å². The third-order valence-corrected chi connectivity index (χ3v) is 13.7. The number of rotatable bonds is 12. The molecule has 46 heavy (non-hydrogen) atoms. The predicted molar refractivity (Wildman–Crippen MR) is 191 cm³/mol. The molecule has 4 nitrogen and oxygen atoms in total. The van der Waals surface area contributed by atoms with Crippen molar-refractivity contribution in [2.24, 2.45) is 0 Å². The van der Waals surface area contributed by atoms with Crippen molar-refractivity contribution in [3.63, 3.8) is 0 Å². The molecule has 4 heteroatoms. The molecule has 3 aromatic rings. The molecule has 2 atom stereocenters. The number of quaternary nitrogens is 4. The van der Waals surface area contributed by atoms with Gasteiger partial charge < -0.3 is 17.9 Å². The first-order chi connectivity index (χ1) is 22.2. The van der Waals surface area contributed by atoms with Gasteiger partial charge in [-0.05, 0) is 35.8 Å². The summed E-state index contributed by atoms with van der Waals surface area (Å²) in [5.74, 6) is 1.33. The van der Waals surface area contributed by atoms with Crippen LogP contribution >= 0.6 is 0 Å². The van der Waals surface area contributed by atoms with E-state index in [9.17, 15) is 0 Å². The number of nitrogens with zero attached hydrogens (tertiary/aromatic N) is 4. The highest BCUT2D eigenvalue weighted by molar-refractivity contribution is 5.26. The molecule has 6 aliphatic heterocycles. The van der Waals surface area contributed by atoms with E-state index in [0.717, 1.165) is 0 Å². The molecule has 6 heterocycles. The first-order valence-corrected chi connectivity index (χ1v) is 18.9. The Morgan fingerprint density at radius 2 is 0.565 bits per heavy atom. The Hall–Kier alpha value is -2.50. The number of hydrogen-bond acceptors (Lipinski definition) is 0. The van der Waals surface area contributed by atoms with Crippen molar-refractivity contribution in [2.75, 3.05) is 78.5 Å². The molecule has 0 radical (unpaired) electrons. The van der Waals surface area contributed by atoms with Gasteiger partial charge in [-0.3, -0.25) is 0 Å². The highest BCUT2D eigenvalue weighted by Crippen LogP contribution is 2.34. The van der Waals surface area contributed by atoms with Crippen LogP contribution in [0, 0.1) is 0 Å². The van der Waals surface area contributed by atoms with E-state index in [2.05, 4.69) is 100 Å². The molecular weight excluding hydrogens is 560 g/mol. The van der Waals surface area contributed by atoms with Crippen molar-refractivity contribution >= 4 is 0 Å². The summed E-state index contributed by atoms with van der Waals surface area (Å²) < 4.78 is 5.25. The average Bonchev–Trinajstić information content (AvgIpc) is 3.11. The van der Waals surface area contributed by atoms with Crippen molar-refractivity contribution in [2.45, 2.75) is 78.6 Å². The van der Waals surface area contributed by atoms with Crippen molar-refractivity contribution < 1.29 is 17.9 Å². The van der Waals surface area contributed by atoms with Crippen LogP contribution in [0.4, 0.5) is 0 Å². The van der Waals surface area contributed by atoms with Crippen LogP contribution in [0.5, 0.6) is 0 Å². The largest absolute Gasteiger partial charge is 0.306 e. The minimum Gasteiger partial charge on any atom is -0.306 e. The normalized spacial score (nSPS) is 31.6. The molecule has 2 unspecified atom stereocenters. The third-order valence-electron chi connectivity index (χ3n) is 13.7. The number of benzene rings is 3. The summed E-state index contributed by atoms with van der Waals surface area (Å²) in [6.45, 7) is 30.3. The topological polar surface area (TPSA) is 0 Å². The smallest absolute Gasteiger partial charge is 0.129 e. The van der Waals surface area contributed by atoms with E-state index in [1.807, 2.05) is 0 Å². The van der Waals surface area contributed by atoms with E-state index in [0.29, 0.717) is 11.8 Å². The summed E-state index contributed by atoms with van der Waals surface area (Å²) in [5.41, 5.74) is 9.18. The predicted octanol–water partition coefficient (Wildman–Crippen LogP) is 7.44. The zero-order valence-electron chi connectivity index (χ0n) is 29.6. The summed E-state index contributed by atoms with van der Waals surface area (Å²) in [6.07, 6.45) is 2.44. The molecule has 246 valence electrons. The van der Waals surface area contributed by atoms with Crippen molar-refractivity contribution in [3.05, 3.63) is 106 Å². The van der Waals surface area contributed by atoms with E-state index < -0.39 is 0 Å². The van der Waals surface area contributed by atoms with Crippen molar-refractivity contribution in [1.29, 1.82) is 0 Å². The minimum absolute atomic E-state index is 0.666. The van der Waals surface area contributed by atoms with Crippen LogP contribution in [0.15, 0.2) is 72.8 Å². The molecule has 9 rings (SSSR count). The monoisotopic (exact) mass is 622 g/mol. The van der Waals surface area contributed by atoms with Crippen LogP contribution in [0.1, 0.15) is 85.8 Å². The summed E-state index contributed by atoms with van der Waals surface area (Å²) in [7, 11) is 0. The van der Waals surface area contributed by atoms with E-state index in [1.165, 1.54) is 158 Å². The summed E-state index contributed by atoms with van der Waals surface area (Å²) in [5, 5.41) is 0. The number of hydrogen-bond donors (Lipinski definition) is 0. The van der Waals surface area contributed by atoms with Crippen LogP contribution < -0.4 is 0 Å². The molecule has 0 saturated carbocycles. The van der Waals surface area contributed by atoms with E-state index in [1.54, 1.807) is 11.1 Å². The van der Waals surface area contributed by atoms with Gasteiger partial charge in [0.1, 0.15) is 105 Å². The first-order valence-electron chi connectivity index (χ1n) is 18.9. The van der Waals surface area contributed by atoms with Gasteiger partial charge in [0.25, 0.3) is 0 Å². The third kappa shape index (κ3) is 6.61. The zero-order valence-corrected chi connectivity index (χ0v) is 29.6. The molecule has 0 amide bonds. The molecule has 0 aliphatic carbocycles. The van der Waals surface area contributed by atoms with Crippen molar-refractivity contribution in [3.8, 4) is 0 Å². The van der Waals surface area contributed by atoms with Gasteiger partial charge in [-0.1, -0.05) is 100 Å². The van der Waals surface area contributed by atoms with Gasteiger partial charge >= 0.3 is 0 Å². The molecule has 6 saturated heterocycles. The summed E-state index contributed by atoms with van der Waals surface area (Å²) in [6, 6.07) is 29.2. The fourth-order valence-electron chi connectivity index (χ4n) is 9.51. The van der Waals surface area contributed by atoms with Crippen LogP contribution in [-0.2, 0) is 26.2 Å². The van der Waals surface area contributed by atoms with E-state index in [4.69, 9.17) is 0 Å². The van der Waals surface area contributed by atoms with E-state index in [-0.39, 0.29) is 0 Å². The molecule has 4 bridgehead atoms. The SMILES string of the molecule is CCC(C)c1ccc(C[N+]23CC[N+](Cc4ccc(C[N+]56CC[N+](Cc7ccc(C(C)CC)cc7)(CC5)CC6)cc4)(CC2)CC3)cc1. The van der Waals surface area contributed by atoms with E-state index >= 15 is 0 Å². The highest BCUT2D eigenvalue weighted by Gasteiger charge is 2.50. The summed E-state index contributed by atoms with van der Waals surface area (Å²) in [4.78, 5) is 0. The average molecular weight is 623 g/mol. The highest BCUT2D eigenvalue weighted by atomic mass is 15.5. The quantitative estimate of drug-likeness (QED) is 0.184. The maximum atomic E-state index is 2.49. The van der Waals surface area contributed by atoms with Gasteiger partial charge in [0.15, 0.2) is 0 Å². The van der Waals surface area contributed by atoms with Crippen LogP contribution in [-0.4, -0.2) is 96.5 Å². The molecular formula is C42H62N4+4. The maximum Gasteiger partial charge on any atom is 0.129 e. The second kappa shape index (κ2) is 12.8. The lowest BCUT2D eigenvalue weighted by Crippen LogP contribution is -2.74. The Morgan fingerprint density at radius 1 is 0.370 bits per heavy atom. The van der Waals surface area contributed by atoms with Crippen LogP contribution in [0.25, 0.3) is 0 Å². The lowest BCUT2D eigenvalue weighted by atomic mass is 9.96. The van der Waals surface area contributed by atoms with Crippen molar-refractivity contribution in [1.82, 2.24) is 0 Å². The van der Waals surface area contributed by atoms with Gasteiger partial charge in [0.2, 0.25) is 0 Å². The molecule has 0 spiro atoms. The fraction of sp³-hybridized carbons (Fsp3) is 0.571. The molecule has 3 aromatic carbocycles. The van der Waals surface area contributed by atoms with Gasteiger partial charge in [0, 0.05) is 22.3 Å². The summed E-state index contributed by atoms with van der Waals surface area (Å²) >= 11 is 0. The zero-order chi connectivity index (χ0) is 31.8. The molecule has 6 aliphatic rings. The van der Waals surface area contributed by atoms with Gasteiger partial charge in [-0.25, -0.2) is 0 Å². The Balaban J connectivity index is 0.901.